The monoisotopic (exact) mass is 262 g/mol. The Kier molecular flexibility index (Phi) is 3.67. The van der Waals surface area contributed by atoms with Crippen molar-refractivity contribution in [1.82, 2.24) is 0 Å². The average molecular weight is 263 g/mol. The highest BCUT2D eigenvalue weighted by molar-refractivity contribution is 6.30. The largest absolute Gasteiger partial charge is 0.416 e. The zero-order chi connectivity index (χ0) is 12.5. The molecule has 1 aliphatic carbocycles. The van der Waals surface area contributed by atoms with Crippen LogP contribution in [0.15, 0.2) is 18.2 Å². The molecule has 94 valence electrons. The van der Waals surface area contributed by atoms with Gasteiger partial charge < -0.3 is 0 Å². The predicted octanol–water partition coefficient (Wildman–Crippen LogP) is 5.41. The summed E-state index contributed by atoms with van der Waals surface area (Å²) in [5.74, 6) is 0.0395. The molecule has 2 rings (SSSR count). The third kappa shape index (κ3) is 2.95. The molecule has 0 spiro atoms. The van der Waals surface area contributed by atoms with Crippen molar-refractivity contribution in [2.75, 3.05) is 0 Å². The quantitative estimate of drug-likeness (QED) is 0.635. The van der Waals surface area contributed by atoms with Crippen LogP contribution < -0.4 is 0 Å². The van der Waals surface area contributed by atoms with Crippen molar-refractivity contribution in [2.24, 2.45) is 0 Å². The van der Waals surface area contributed by atoms with Crippen LogP contribution in [0.1, 0.15) is 49.1 Å². The van der Waals surface area contributed by atoms with Crippen LogP contribution in [0.25, 0.3) is 0 Å². The SMILES string of the molecule is FC(F)(F)c1cc(Cl)ccc1C1CCCCC1. The van der Waals surface area contributed by atoms with Gasteiger partial charge in [-0.2, -0.15) is 13.2 Å². The van der Waals surface area contributed by atoms with Gasteiger partial charge in [-0.05, 0) is 36.5 Å². The fourth-order valence-electron chi connectivity index (χ4n) is 2.54. The highest BCUT2D eigenvalue weighted by atomic mass is 35.5. The van der Waals surface area contributed by atoms with Crippen molar-refractivity contribution < 1.29 is 13.2 Å². The average Bonchev–Trinajstić information content (AvgIpc) is 2.29. The van der Waals surface area contributed by atoms with Crippen LogP contribution in [-0.4, -0.2) is 0 Å². The minimum absolute atomic E-state index is 0.0395. The topological polar surface area (TPSA) is 0 Å². The van der Waals surface area contributed by atoms with E-state index in [1.165, 1.54) is 0 Å². The van der Waals surface area contributed by atoms with E-state index in [1.54, 1.807) is 12.1 Å². The molecule has 0 saturated heterocycles. The Morgan fingerprint density at radius 3 is 2.29 bits per heavy atom. The number of halogens is 4. The number of hydrogen-bond donors (Lipinski definition) is 0. The molecule has 0 nitrogen and oxygen atoms in total. The van der Waals surface area contributed by atoms with Crippen molar-refractivity contribution in [3.05, 3.63) is 34.3 Å². The molecular formula is C13H14ClF3. The third-order valence-electron chi connectivity index (χ3n) is 3.37. The minimum Gasteiger partial charge on any atom is -0.166 e. The lowest BCUT2D eigenvalue weighted by Gasteiger charge is -2.25. The van der Waals surface area contributed by atoms with Crippen LogP contribution in [0.3, 0.4) is 0 Å². The van der Waals surface area contributed by atoms with Gasteiger partial charge in [0.25, 0.3) is 0 Å². The fraction of sp³-hybridized carbons (Fsp3) is 0.538. The summed E-state index contributed by atoms with van der Waals surface area (Å²) >= 11 is 5.66. The molecule has 0 amide bonds. The van der Waals surface area contributed by atoms with Gasteiger partial charge >= 0.3 is 6.18 Å². The summed E-state index contributed by atoms with van der Waals surface area (Å²) in [5, 5.41) is 0.150. The Morgan fingerprint density at radius 1 is 1.06 bits per heavy atom. The van der Waals surface area contributed by atoms with Crippen molar-refractivity contribution in [3.63, 3.8) is 0 Å². The summed E-state index contributed by atoms with van der Waals surface area (Å²) in [6, 6.07) is 4.15. The van der Waals surface area contributed by atoms with Crippen molar-refractivity contribution in [2.45, 2.75) is 44.2 Å². The molecule has 0 aromatic heterocycles. The van der Waals surface area contributed by atoms with Crippen LogP contribution in [0.4, 0.5) is 13.2 Å². The second-order valence-electron chi connectivity index (χ2n) is 4.56. The van der Waals surface area contributed by atoms with E-state index in [0.717, 1.165) is 38.2 Å². The van der Waals surface area contributed by atoms with Crippen molar-refractivity contribution in [3.8, 4) is 0 Å². The summed E-state index contributed by atoms with van der Waals surface area (Å²) in [6.07, 6.45) is 0.563. The Morgan fingerprint density at radius 2 is 1.71 bits per heavy atom. The first kappa shape index (κ1) is 12.7. The molecule has 4 heteroatoms. The van der Waals surface area contributed by atoms with Gasteiger partial charge in [0.2, 0.25) is 0 Å². The smallest absolute Gasteiger partial charge is 0.166 e. The van der Waals surface area contributed by atoms with Gasteiger partial charge in [-0.1, -0.05) is 36.9 Å². The van der Waals surface area contributed by atoms with Crippen molar-refractivity contribution in [1.29, 1.82) is 0 Å². The van der Waals surface area contributed by atoms with E-state index in [9.17, 15) is 13.2 Å². The second-order valence-corrected chi connectivity index (χ2v) is 5.00. The minimum atomic E-state index is -4.31. The van der Waals surface area contributed by atoms with E-state index < -0.39 is 11.7 Å². The first-order valence-electron chi connectivity index (χ1n) is 5.85. The number of alkyl halides is 3. The van der Waals surface area contributed by atoms with Gasteiger partial charge in [-0.25, -0.2) is 0 Å². The maximum absolute atomic E-state index is 12.9. The van der Waals surface area contributed by atoms with Crippen LogP contribution >= 0.6 is 11.6 Å². The molecule has 0 atom stereocenters. The van der Waals surface area contributed by atoms with E-state index in [1.807, 2.05) is 0 Å². The lowest BCUT2D eigenvalue weighted by molar-refractivity contribution is -0.138. The van der Waals surface area contributed by atoms with E-state index >= 15 is 0 Å². The summed E-state index contributed by atoms with van der Waals surface area (Å²) in [4.78, 5) is 0. The maximum atomic E-state index is 12.9. The van der Waals surface area contributed by atoms with Crippen LogP contribution in [-0.2, 0) is 6.18 Å². The molecule has 1 saturated carbocycles. The normalized spacial score (nSPS) is 18.4. The molecule has 0 bridgehead atoms. The molecule has 0 aliphatic heterocycles. The lowest BCUT2D eigenvalue weighted by Crippen LogP contribution is -2.14. The van der Waals surface area contributed by atoms with Crippen molar-refractivity contribution >= 4 is 11.6 Å². The van der Waals surface area contributed by atoms with Gasteiger partial charge in [0.05, 0.1) is 5.56 Å². The molecule has 17 heavy (non-hydrogen) atoms. The Balaban J connectivity index is 2.38. The van der Waals surface area contributed by atoms with E-state index in [4.69, 9.17) is 11.6 Å². The third-order valence-corrected chi connectivity index (χ3v) is 3.60. The number of rotatable bonds is 1. The van der Waals surface area contributed by atoms with Crippen LogP contribution in [0.5, 0.6) is 0 Å². The molecule has 0 radical (unpaired) electrons. The summed E-state index contributed by atoms with van der Waals surface area (Å²) < 4.78 is 38.8. The van der Waals surface area contributed by atoms with E-state index in [0.29, 0.717) is 5.56 Å². The number of benzene rings is 1. The molecule has 1 aliphatic rings. The summed E-state index contributed by atoms with van der Waals surface area (Å²) in [5.41, 5.74) is -0.140. The lowest BCUT2D eigenvalue weighted by atomic mass is 9.82. The second kappa shape index (κ2) is 4.89. The molecule has 1 aromatic carbocycles. The number of hydrogen-bond acceptors (Lipinski definition) is 0. The molecular weight excluding hydrogens is 249 g/mol. The first-order chi connectivity index (χ1) is 7.98. The Hall–Kier alpha value is -0.700. The van der Waals surface area contributed by atoms with Crippen LogP contribution in [0.2, 0.25) is 5.02 Å². The first-order valence-corrected chi connectivity index (χ1v) is 6.23. The zero-order valence-corrected chi connectivity index (χ0v) is 10.1. The zero-order valence-electron chi connectivity index (χ0n) is 9.36. The molecule has 0 unspecified atom stereocenters. The molecule has 1 aromatic rings. The van der Waals surface area contributed by atoms with E-state index in [2.05, 4.69) is 0 Å². The highest BCUT2D eigenvalue weighted by Crippen LogP contribution is 2.41. The van der Waals surface area contributed by atoms with Gasteiger partial charge in [0.1, 0.15) is 0 Å². The fourth-order valence-corrected chi connectivity index (χ4v) is 2.72. The summed E-state index contributed by atoms with van der Waals surface area (Å²) in [6.45, 7) is 0. The Labute approximate surface area is 104 Å². The standard InChI is InChI=1S/C13H14ClF3/c14-10-6-7-11(9-4-2-1-3-5-9)12(8-10)13(15,16)17/h6-9H,1-5H2. The van der Waals surface area contributed by atoms with Gasteiger partial charge in [0, 0.05) is 5.02 Å². The highest BCUT2D eigenvalue weighted by Gasteiger charge is 2.35. The van der Waals surface area contributed by atoms with Gasteiger partial charge in [0.15, 0.2) is 0 Å². The Bertz CT molecular complexity index is 392. The molecule has 0 N–H and O–H groups in total. The maximum Gasteiger partial charge on any atom is 0.416 e. The molecule has 1 fully saturated rings. The van der Waals surface area contributed by atoms with Gasteiger partial charge in [-0.15, -0.1) is 0 Å². The molecule has 0 heterocycles. The van der Waals surface area contributed by atoms with E-state index in [-0.39, 0.29) is 10.9 Å². The predicted molar refractivity (Wildman–Crippen MR) is 62.3 cm³/mol. The summed E-state index contributed by atoms with van der Waals surface area (Å²) in [7, 11) is 0. The van der Waals surface area contributed by atoms with Gasteiger partial charge in [-0.3, -0.25) is 0 Å². The van der Waals surface area contributed by atoms with Crippen LogP contribution in [0, 0.1) is 0 Å².